The lowest BCUT2D eigenvalue weighted by atomic mass is 10.0. The Kier molecular flexibility index (Phi) is 9.90. The first-order valence-corrected chi connectivity index (χ1v) is 14.3. The van der Waals surface area contributed by atoms with Gasteiger partial charge in [-0.1, -0.05) is 26.0 Å². The minimum absolute atomic E-state index is 0.0131. The fourth-order valence-corrected chi connectivity index (χ4v) is 5.50. The first-order valence-electron chi connectivity index (χ1n) is 12.5. The molecule has 0 aliphatic heterocycles. The number of carbonyl (C=O) groups excluding carboxylic acids is 1. The van der Waals surface area contributed by atoms with E-state index in [4.69, 9.17) is 14.2 Å². The van der Waals surface area contributed by atoms with Gasteiger partial charge in [-0.2, -0.15) is 0 Å². The fourth-order valence-electron chi connectivity index (χ4n) is 4.21. The first kappa shape index (κ1) is 29.2. The zero-order valence-corrected chi connectivity index (χ0v) is 23.0. The van der Waals surface area contributed by atoms with Gasteiger partial charge in [0.05, 0.1) is 49.2 Å². The highest BCUT2D eigenvalue weighted by Gasteiger charge is 2.21. The molecular weight excluding hydrogens is 513 g/mol. The molecular formula is C28H34FNO7S. The van der Waals surface area contributed by atoms with Crippen LogP contribution in [-0.2, 0) is 25.9 Å². The normalized spacial score (nSPS) is 12.3. The Balaban J connectivity index is 2.01. The molecule has 0 radical (unpaired) electrons. The summed E-state index contributed by atoms with van der Waals surface area (Å²) in [7, 11) is -0.688. The molecule has 0 aliphatic rings. The fraction of sp³-hybridized carbons (Fsp3) is 0.429. The van der Waals surface area contributed by atoms with Gasteiger partial charge in [0.25, 0.3) is 0 Å². The molecule has 1 unspecified atom stereocenters. The van der Waals surface area contributed by atoms with Crippen LogP contribution in [0.25, 0.3) is 22.0 Å². The molecule has 3 aromatic rings. The van der Waals surface area contributed by atoms with Crippen molar-refractivity contribution in [3.05, 3.63) is 58.6 Å². The van der Waals surface area contributed by atoms with E-state index >= 15 is 4.39 Å². The Labute approximate surface area is 222 Å². The zero-order valence-electron chi connectivity index (χ0n) is 22.2. The lowest BCUT2D eigenvalue weighted by Crippen LogP contribution is -2.21. The summed E-state index contributed by atoms with van der Waals surface area (Å²) in [6.07, 6.45) is 2.94. The third kappa shape index (κ3) is 6.92. The maximum Gasteiger partial charge on any atom is 0.308 e. The summed E-state index contributed by atoms with van der Waals surface area (Å²) in [6.45, 7) is 3.96. The summed E-state index contributed by atoms with van der Waals surface area (Å²) in [5, 5.41) is -0.156. The second kappa shape index (κ2) is 12.9. The number of fused-ring (bicyclic) bond motifs is 1. The molecule has 3 rings (SSSR count). The average Bonchev–Trinajstić information content (AvgIpc) is 2.91. The highest BCUT2D eigenvalue weighted by atomic mass is 32.2. The number of sulfone groups is 1. The second-order valence-corrected chi connectivity index (χ2v) is 11.4. The Hall–Kier alpha value is -3.40. The number of methoxy groups -OCH3 is 2. The lowest BCUT2D eigenvalue weighted by molar-refractivity contribution is -0.145. The van der Waals surface area contributed by atoms with Crippen LogP contribution >= 0.6 is 0 Å². The van der Waals surface area contributed by atoms with Gasteiger partial charge in [0.2, 0.25) is 0 Å². The molecule has 0 N–H and O–H groups in total. The van der Waals surface area contributed by atoms with E-state index < -0.39 is 27.0 Å². The number of halogens is 1. The van der Waals surface area contributed by atoms with Crippen molar-refractivity contribution in [3.63, 3.8) is 0 Å². The van der Waals surface area contributed by atoms with Crippen molar-refractivity contribution >= 4 is 26.7 Å². The number of nitrogens with zero attached hydrogens (tertiary/aromatic N) is 1. The third-order valence-corrected chi connectivity index (χ3v) is 8.05. The maximum atomic E-state index is 15.1. The van der Waals surface area contributed by atoms with Crippen LogP contribution < -0.4 is 14.9 Å². The van der Waals surface area contributed by atoms with Crippen molar-refractivity contribution < 1.29 is 31.8 Å². The van der Waals surface area contributed by atoms with Crippen molar-refractivity contribution in [1.82, 2.24) is 4.57 Å². The molecule has 0 saturated carbocycles. The molecule has 0 spiro atoms. The van der Waals surface area contributed by atoms with Gasteiger partial charge in [0, 0.05) is 18.3 Å². The number of ether oxygens (including phenoxy) is 3. The van der Waals surface area contributed by atoms with Gasteiger partial charge < -0.3 is 18.8 Å². The Morgan fingerprint density at radius 3 is 2.42 bits per heavy atom. The number of hydrogen-bond acceptors (Lipinski definition) is 7. The highest BCUT2D eigenvalue weighted by molar-refractivity contribution is 7.91. The monoisotopic (exact) mass is 547 g/mol. The minimum atomic E-state index is -3.52. The Morgan fingerprint density at radius 1 is 1.08 bits per heavy atom. The smallest absolute Gasteiger partial charge is 0.308 e. The molecule has 1 atom stereocenters. The number of hydrogen-bond donors (Lipinski definition) is 0. The maximum absolute atomic E-state index is 15.1. The van der Waals surface area contributed by atoms with Crippen LogP contribution in [0.3, 0.4) is 0 Å². The molecule has 38 heavy (non-hydrogen) atoms. The molecule has 1 heterocycles. The van der Waals surface area contributed by atoms with Gasteiger partial charge in [0.15, 0.2) is 15.3 Å². The summed E-state index contributed by atoms with van der Waals surface area (Å²) in [5.74, 6) is -0.914. The molecule has 0 aliphatic carbocycles. The van der Waals surface area contributed by atoms with Crippen molar-refractivity contribution in [3.8, 4) is 22.6 Å². The van der Waals surface area contributed by atoms with E-state index in [1.54, 1.807) is 42.0 Å². The van der Waals surface area contributed by atoms with Gasteiger partial charge in [-0.3, -0.25) is 9.59 Å². The second-order valence-electron chi connectivity index (χ2n) is 9.13. The van der Waals surface area contributed by atoms with E-state index in [9.17, 15) is 18.0 Å². The van der Waals surface area contributed by atoms with E-state index in [2.05, 4.69) is 0 Å². The van der Waals surface area contributed by atoms with Gasteiger partial charge in [-0.05, 0) is 49.1 Å². The standard InChI is InChI=1S/C28H34FNO7S/c1-5-15-37-24-13-12-23(29)25-26(24)30(14-17-38(33,34)16-6-7-19(2)28(32)36-4)18-22(27(25)31)20-8-10-21(35-3)11-9-20/h8-13,18-19H,5-7,14-17H2,1-4H3. The average molecular weight is 548 g/mol. The number of carbonyl (C=O) groups is 1. The Morgan fingerprint density at radius 2 is 1.79 bits per heavy atom. The third-order valence-electron chi connectivity index (χ3n) is 6.34. The number of pyridine rings is 1. The number of aryl methyl sites for hydroxylation is 1. The van der Waals surface area contributed by atoms with Gasteiger partial charge in [0.1, 0.15) is 17.3 Å². The van der Waals surface area contributed by atoms with E-state index in [1.165, 1.54) is 26.4 Å². The van der Waals surface area contributed by atoms with Crippen LogP contribution in [0, 0.1) is 11.7 Å². The molecule has 8 nitrogen and oxygen atoms in total. The summed E-state index contributed by atoms with van der Waals surface area (Å²) in [5.41, 5.74) is 0.483. The molecule has 10 heteroatoms. The van der Waals surface area contributed by atoms with Gasteiger partial charge in [-0.25, -0.2) is 12.8 Å². The minimum Gasteiger partial charge on any atom is -0.497 e. The number of esters is 1. The van der Waals surface area contributed by atoms with Crippen LogP contribution in [0.1, 0.15) is 33.1 Å². The van der Waals surface area contributed by atoms with Gasteiger partial charge in [-0.15, -0.1) is 0 Å². The van der Waals surface area contributed by atoms with Crippen LogP contribution in [0.5, 0.6) is 11.5 Å². The van der Waals surface area contributed by atoms with E-state index in [1.807, 2.05) is 6.92 Å². The number of aromatic nitrogens is 1. The molecule has 0 amide bonds. The summed E-state index contributed by atoms with van der Waals surface area (Å²) in [6, 6.07) is 9.43. The summed E-state index contributed by atoms with van der Waals surface area (Å²) in [4.78, 5) is 25.1. The molecule has 2 aromatic carbocycles. The van der Waals surface area contributed by atoms with E-state index in [0.717, 1.165) is 0 Å². The summed E-state index contributed by atoms with van der Waals surface area (Å²) >= 11 is 0. The molecule has 1 aromatic heterocycles. The first-order chi connectivity index (χ1) is 18.1. The summed E-state index contributed by atoms with van der Waals surface area (Å²) < 4.78 is 58.1. The van der Waals surface area contributed by atoms with Crippen molar-refractivity contribution in [1.29, 1.82) is 0 Å². The van der Waals surface area contributed by atoms with Crippen LogP contribution in [0.15, 0.2) is 47.4 Å². The van der Waals surface area contributed by atoms with Crippen LogP contribution in [0.2, 0.25) is 0 Å². The predicted octanol–water partition coefficient (Wildman–Crippen LogP) is 4.61. The SMILES string of the molecule is CCCOc1ccc(F)c2c(=O)c(-c3ccc(OC)cc3)cn(CCS(=O)(=O)CCCC(C)C(=O)OC)c12. The van der Waals surface area contributed by atoms with E-state index in [0.29, 0.717) is 42.9 Å². The van der Waals surface area contributed by atoms with Crippen LogP contribution in [-0.4, -0.2) is 51.3 Å². The van der Waals surface area contributed by atoms with Crippen molar-refractivity contribution in [2.45, 2.75) is 39.7 Å². The molecule has 0 fully saturated rings. The molecule has 206 valence electrons. The van der Waals surface area contributed by atoms with Crippen LogP contribution in [0.4, 0.5) is 4.39 Å². The van der Waals surface area contributed by atoms with Crippen molar-refractivity contribution in [2.75, 3.05) is 32.3 Å². The topological polar surface area (TPSA) is 101 Å². The predicted molar refractivity (Wildman–Crippen MR) is 145 cm³/mol. The van der Waals surface area contributed by atoms with Gasteiger partial charge >= 0.3 is 5.97 Å². The zero-order chi connectivity index (χ0) is 27.9. The quantitative estimate of drug-likeness (QED) is 0.288. The Bertz CT molecular complexity index is 1430. The van der Waals surface area contributed by atoms with Crippen molar-refractivity contribution in [2.24, 2.45) is 5.92 Å². The lowest BCUT2D eigenvalue weighted by Gasteiger charge is -2.18. The number of benzene rings is 2. The highest BCUT2D eigenvalue weighted by Crippen LogP contribution is 2.30. The largest absolute Gasteiger partial charge is 0.497 e. The molecule has 0 saturated heterocycles. The molecule has 0 bridgehead atoms. The van der Waals surface area contributed by atoms with E-state index in [-0.39, 0.29) is 40.5 Å². The number of rotatable bonds is 13.